The highest BCUT2D eigenvalue weighted by atomic mass is 19.4. The number of allylic oxidation sites excluding steroid dienone is 2. The van der Waals surface area contributed by atoms with Crippen LogP contribution in [0.25, 0.3) is 0 Å². The van der Waals surface area contributed by atoms with Gasteiger partial charge in [0.2, 0.25) is 17.7 Å². The lowest BCUT2D eigenvalue weighted by atomic mass is 9.79. The van der Waals surface area contributed by atoms with Crippen LogP contribution >= 0.6 is 0 Å². The average Bonchev–Trinajstić information content (AvgIpc) is 3.58. The highest BCUT2D eigenvalue weighted by molar-refractivity contribution is 5.95. The number of hydrogen-bond acceptors (Lipinski definition) is 5. The number of halogens is 3. The van der Waals surface area contributed by atoms with Crippen LogP contribution in [-0.2, 0) is 19.2 Å². The third-order valence-corrected chi connectivity index (χ3v) is 8.57. The lowest BCUT2D eigenvalue weighted by Crippen LogP contribution is -2.61. The van der Waals surface area contributed by atoms with Crippen LogP contribution < -0.4 is 16.0 Å². The third-order valence-electron chi connectivity index (χ3n) is 8.57. The molecule has 1 saturated carbocycles. The van der Waals surface area contributed by atoms with Gasteiger partial charge >= 0.3 is 12.1 Å². The monoisotopic (exact) mass is 537 g/mol. The number of rotatable bonds is 6. The Kier molecular flexibility index (Phi) is 7.27. The standard InChI is InChI=1S/C26H34F3N5O4/c1-12-17-13-5-6-14(9-13)18(17)19(22(36)32-16(11-30)10-15-7-8-31-21(15)35)34(12)23(37)20(25(2,3)4)33-24(38)26(27,28)29/h5-6,12-20H,7-10H2,1-4H3,(H,31,35)(H,32,36)(H,33,38)/t12-,13+,14-,15-,16-,17+,18-,19-,20+/m0/s1. The van der Waals surface area contributed by atoms with Crippen molar-refractivity contribution in [2.75, 3.05) is 6.54 Å². The Morgan fingerprint density at radius 3 is 2.32 bits per heavy atom. The average molecular weight is 538 g/mol. The molecule has 2 aliphatic carbocycles. The van der Waals surface area contributed by atoms with Crippen LogP contribution in [0.2, 0.25) is 0 Å². The molecule has 4 amide bonds. The van der Waals surface area contributed by atoms with Crippen LogP contribution in [0.5, 0.6) is 0 Å². The SMILES string of the molecule is C[C@H]1[C@H]2[C@@H]([C@@H](C(=O)N[C@H](C#N)C[C@@H]3CCNC3=O)N1C(=O)[C@@H](NC(=O)C(F)(F)F)C(C)(C)C)[C@H]1C=C[C@@H]2C1. The number of carbonyl (C=O) groups excluding carboxylic acids is 4. The fourth-order valence-electron chi connectivity index (χ4n) is 6.85. The molecule has 0 aromatic rings. The van der Waals surface area contributed by atoms with Crippen molar-refractivity contribution >= 4 is 23.6 Å². The van der Waals surface area contributed by atoms with Crippen molar-refractivity contribution < 1.29 is 32.3 Å². The van der Waals surface area contributed by atoms with Gasteiger partial charge in [0.1, 0.15) is 18.1 Å². The van der Waals surface area contributed by atoms with E-state index in [1.807, 2.05) is 17.5 Å². The first-order chi connectivity index (χ1) is 17.6. The summed E-state index contributed by atoms with van der Waals surface area (Å²) in [6.07, 6.45) is 0.394. The zero-order chi connectivity index (χ0) is 28.2. The second kappa shape index (κ2) is 9.89. The van der Waals surface area contributed by atoms with Gasteiger partial charge in [-0.2, -0.15) is 18.4 Å². The van der Waals surface area contributed by atoms with Gasteiger partial charge in [0.05, 0.1) is 6.07 Å². The van der Waals surface area contributed by atoms with Crippen molar-refractivity contribution in [3.63, 3.8) is 0 Å². The van der Waals surface area contributed by atoms with Gasteiger partial charge in [-0.25, -0.2) is 0 Å². The quantitative estimate of drug-likeness (QED) is 0.444. The molecule has 0 radical (unpaired) electrons. The Bertz CT molecular complexity index is 1080. The van der Waals surface area contributed by atoms with E-state index in [-0.39, 0.29) is 36.0 Å². The normalized spacial score (nSPS) is 33.4. The molecule has 208 valence electrons. The highest BCUT2D eigenvalue weighted by Gasteiger charge is 2.62. The maximum atomic E-state index is 13.9. The minimum Gasteiger partial charge on any atom is -0.356 e. The zero-order valence-corrected chi connectivity index (χ0v) is 21.8. The van der Waals surface area contributed by atoms with Crippen molar-refractivity contribution in [2.45, 2.75) is 77.3 Å². The summed E-state index contributed by atoms with van der Waals surface area (Å²) in [5, 5.41) is 17.0. The maximum Gasteiger partial charge on any atom is 0.471 e. The van der Waals surface area contributed by atoms with Crippen LogP contribution in [0.15, 0.2) is 12.2 Å². The van der Waals surface area contributed by atoms with Crippen molar-refractivity contribution in [2.24, 2.45) is 35.0 Å². The lowest BCUT2D eigenvalue weighted by Gasteiger charge is -2.38. The first kappa shape index (κ1) is 27.9. The van der Waals surface area contributed by atoms with Gasteiger partial charge in [0, 0.05) is 18.5 Å². The summed E-state index contributed by atoms with van der Waals surface area (Å²) in [7, 11) is 0. The molecule has 9 atom stereocenters. The molecule has 12 heteroatoms. The van der Waals surface area contributed by atoms with Crippen LogP contribution in [-0.4, -0.2) is 65.4 Å². The molecule has 9 nitrogen and oxygen atoms in total. The van der Waals surface area contributed by atoms with Gasteiger partial charge in [0.25, 0.3) is 0 Å². The number of likely N-dealkylation sites (tertiary alicyclic amines) is 1. The molecule has 2 aliphatic heterocycles. The van der Waals surface area contributed by atoms with E-state index in [1.165, 1.54) is 4.90 Å². The van der Waals surface area contributed by atoms with Crippen LogP contribution in [0, 0.1) is 46.3 Å². The Morgan fingerprint density at radius 1 is 1.16 bits per heavy atom. The summed E-state index contributed by atoms with van der Waals surface area (Å²) >= 11 is 0. The number of hydrogen-bond donors (Lipinski definition) is 3. The molecule has 0 spiro atoms. The van der Waals surface area contributed by atoms with E-state index in [1.54, 1.807) is 27.7 Å². The van der Waals surface area contributed by atoms with E-state index in [4.69, 9.17) is 0 Å². The van der Waals surface area contributed by atoms with Crippen LogP contribution in [0.4, 0.5) is 13.2 Å². The molecular formula is C26H34F3N5O4. The minimum atomic E-state index is -5.18. The van der Waals surface area contributed by atoms with Crippen molar-refractivity contribution in [3.8, 4) is 6.07 Å². The number of amides is 4. The fourth-order valence-corrected chi connectivity index (χ4v) is 6.85. The summed E-state index contributed by atoms with van der Waals surface area (Å²) in [5.74, 6) is -4.36. The van der Waals surface area contributed by atoms with Gasteiger partial charge in [0.15, 0.2) is 0 Å². The lowest BCUT2D eigenvalue weighted by molar-refractivity contribution is -0.176. The second-order valence-corrected chi connectivity index (χ2v) is 12.0. The summed E-state index contributed by atoms with van der Waals surface area (Å²) in [4.78, 5) is 52.9. The van der Waals surface area contributed by atoms with E-state index in [2.05, 4.69) is 16.7 Å². The van der Waals surface area contributed by atoms with Crippen molar-refractivity contribution in [1.29, 1.82) is 5.26 Å². The first-order valence-electron chi connectivity index (χ1n) is 13.0. The van der Waals surface area contributed by atoms with Crippen molar-refractivity contribution in [1.82, 2.24) is 20.9 Å². The van der Waals surface area contributed by atoms with Gasteiger partial charge in [-0.3, -0.25) is 19.2 Å². The highest BCUT2D eigenvalue weighted by Crippen LogP contribution is 2.56. The van der Waals surface area contributed by atoms with E-state index in [0.717, 1.165) is 6.42 Å². The fraction of sp³-hybridized carbons (Fsp3) is 0.731. The number of nitrogens with zero attached hydrogens (tertiary/aromatic N) is 2. The van der Waals surface area contributed by atoms with Gasteiger partial charge in [-0.1, -0.05) is 32.9 Å². The molecule has 4 rings (SSSR count). The van der Waals surface area contributed by atoms with E-state index in [0.29, 0.717) is 13.0 Å². The Balaban J connectivity index is 1.63. The number of nitriles is 1. The molecule has 4 aliphatic rings. The summed E-state index contributed by atoms with van der Waals surface area (Å²) < 4.78 is 39.4. The zero-order valence-electron chi connectivity index (χ0n) is 21.8. The molecule has 2 saturated heterocycles. The Hall–Kier alpha value is -3.10. The first-order valence-corrected chi connectivity index (χ1v) is 13.0. The molecule has 2 bridgehead atoms. The Labute approximate surface area is 219 Å². The molecule has 0 unspecified atom stereocenters. The number of nitrogens with one attached hydrogen (secondary N) is 3. The molecule has 3 fully saturated rings. The Morgan fingerprint density at radius 2 is 1.79 bits per heavy atom. The molecule has 2 heterocycles. The van der Waals surface area contributed by atoms with E-state index in [9.17, 15) is 37.6 Å². The van der Waals surface area contributed by atoms with Crippen molar-refractivity contribution in [3.05, 3.63) is 12.2 Å². The second-order valence-electron chi connectivity index (χ2n) is 12.0. The van der Waals surface area contributed by atoms with E-state index < -0.39 is 59.4 Å². The molecule has 38 heavy (non-hydrogen) atoms. The summed E-state index contributed by atoms with van der Waals surface area (Å²) in [6.45, 7) is 6.92. The molecule has 3 N–H and O–H groups in total. The van der Waals surface area contributed by atoms with Gasteiger partial charge < -0.3 is 20.9 Å². The number of fused-ring (bicyclic) bond motifs is 5. The summed E-state index contributed by atoms with van der Waals surface area (Å²) in [5.41, 5.74) is -1.08. The molecule has 0 aromatic heterocycles. The smallest absolute Gasteiger partial charge is 0.356 e. The molecular weight excluding hydrogens is 503 g/mol. The third kappa shape index (κ3) is 4.99. The van der Waals surface area contributed by atoms with Gasteiger partial charge in [-0.05, 0) is 55.3 Å². The van der Waals surface area contributed by atoms with Crippen LogP contribution in [0.3, 0.4) is 0 Å². The van der Waals surface area contributed by atoms with E-state index >= 15 is 0 Å². The number of carbonyl (C=O) groups is 4. The van der Waals surface area contributed by atoms with Crippen LogP contribution in [0.1, 0.15) is 47.0 Å². The largest absolute Gasteiger partial charge is 0.471 e. The number of alkyl halides is 3. The predicted molar refractivity (Wildman–Crippen MR) is 129 cm³/mol. The topological polar surface area (TPSA) is 131 Å². The molecule has 0 aromatic carbocycles. The maximum absolute atomic E-state index is 13.9. The predicted octanol–water partition coefficient (Wildman–Crippen LogP) is 1.65. The minimum absolute atomic E-state index is 0.0139. The van der Waals surface area contributed by atoms with Gasteiger partial charge in [-0.15, -0.1) is 0 Å². The summed E-state index contributed by atoms with van der Waals surface area (Å²) in [6, 6.07) is -1.98.